The monoisotopic (exact) mass is 348 g/mol. The molecule has 1 aliphatic heterocycles. The minimum absolute atomic E-state index is 0.0396. The summed E-state index contributed by atoms with van der Waals surface area (Å²) >= 11 is 0. The van der Waals surface area contributed by atoms with Crippen LogP contribution in [-0.2, 0) is 4.79 Å². The van der Waals surface area contributed by atoms with E-state index in [1.165, 1.54) is 12.1 Å². The van der Waals surface area contributed by atoms with Crippen LogP contribution in [0.3, 0.4) is 0 Å². The highest BCUT2D eigenvalue weighted by Crippen LogP contribution is 2.24. The van der Waals surface area contributed by atoms with Gasteiger partial charge in [0.05, 0.1) is 11.6 Å². The molecule has 6 heteroatoms. The number of rotatable bonds is 7. The number of likely N-dealkylation sites (tertiary alicyclic amines) is 1. The van der Waals surface area contributed by atoms with Crippen molar-refractivity contribution >= 4 is 11.9 Å². The molecule has 2 rings (SSSR count). The van der Waals surface area contributed by atoms with Crippen molar-refractivity contribution < 1.29 is 19.4 Å². The van der Waals surface area contributed by atoms with Crippen molar-refractivity contribution in [2.24, 2.45) is 5.92 Å². The van der Waals surface area contributed by atoms with Gasteiger partial charge in [0.1, 0.15) is 12.4 Å². The largest absolute Gasteiger partial charge is 0.491 e. The molecule has 0 saturated carbocycles. The van der Waals surface area contributed by atoms with Crippen molar-refractivity contribution in [3.05, 3.63) is 29.8 Å². The van der Waals surface area contributed by atoms with Crippen LogP contribution in [0.1, 0.15) is 37.0 Å². The van der Waals surface area contributed by atoms with E-state index in [0.717, 1.165) is 13.0 Å². The maximum atomic E-state index is 12.6. The molecular weight excluding hydrogens is 320 g/mol. The average Bonchev–Trinajstić information content (AvgIpc) is 2.97. The van der Waals surface area contributed by atoms with E-state index in [0.29, 0.717) is 30.7 Å². The lowest BCUT2D eigenvalue weighted by Gasteiger charge is -2.25. The summed E-state index contributed by atoms with van der Waals surface area (Å²) in [6, 6.07) is 6.73. The average molecular weight is 348 g/mol. The Morgan fingerprint density at radius 3 is 2.44 bits per heavy atom. The van der Waals surface area contributed by atoms with Crippen molar-refractivity contribution in [1.82, 2.24) is 9.80 Å². The van der Waals surface area contributed by atoms with Crippen LogP contribution in [0.4, 0.5) is 0 Å². The second kappa shape index (κ2) is 8.34. The van der Waals surface area contributed by atoms with Gasteiger partial charge in [0, 0.05) is 19.0 Å². The van der Waals surface area contributed by atoms with Gasteiger partial charge in [-0.15, -0.1) is 0 Å². The molecule has 25 heavy (non-hydrogen) atoms. The minimum Gasteiger partial charge on any atom is -0.491 e. The fraction of sp³-hybridized carbons (Fsp3) is 0.579. The zero-order valence-electron chi connectivity index (χ0n) is 15.4. The van der Waals surface area contributed by atoms with Crippen molar-refractivity contribution in [2.45, 2.75) is 38.8 Å². The zero-order chi connectivity index (χ0) is 18.6. The molecule has 1 saturated heterocycles. The first-order chi connectivity index (χ1) is 11.8. The number of hydrogen-bond donors (Lipinski definition) is 1. The first-order valence-electron chi connectivity index (χ1n) is 8.70. The quantitative estimate of drug-likeness (QED) is 0.819. The third-order valence-corrected chi connectivity index (χ3v) is 4.57. The van der Waals surface area contributed by atoms with Gasteiger partial charge in [-0.1, -0.05) is 13.8 Å². The first-order valence-corrected chi connectivity index (χ1v) is 8.70. The van der Waals surface area contributed by atoms with Crippen LogP contribution in [0.15, 0.2) is 24.3 Å². The Morgan fingerprint density at radius 2 is 1.92 bits per heavy atom. The summed E-state index contributed by atoms with van der Waals surface area (Å²) in [5.41, 5.74) is 0.231. The molecule has 0 radical (unpaired) electrons. The number of nitrogens with zero attached hydrogens (tertiary/aromatic N) is 2. The van der Waals surface area contributed by atoms with Gasteiger partial charge >= 0.3 is 5.97 Å². The number of carboxylic acid groups (broad SMARTS) is 1. The fourth-order valence-electron chi connectivity index (χ4n) is 3.08. The third-order valence-electron chi connectivity index (χ3n) is 4.57. The summed E-state index contributed by atoms with van der Waals surface area (Å²) in [4.78, 5) is 27.5. The maximum absolute atomic E-state index is 12.6. The van der Waals surface area contributed by atoms with Gasteiger partial charge in [-0.2, -0.15) is 0 Å². The number of hydrogen-bond acceptors (Lipinski definition) is 4. The van der Waals surface area contributed by atoms with E-state index in [2.05, 4.69) is 4.90 Å². The Kier molecular flexibility index (Phi) is 6.42. The van der Waals surface area contributed by atoms with Crippen LogP contribution in [-0.4, -0.2) is 66.1 Å². The van der Waals surface area contributed by atoms with Crippen LogP contribution in [0, 0.1) is 5.92 Å². The molecule has 0 spiro atoms. The molecule has 1 amide bonds. The predicted molar refractivity (Wildman–Crippen MR) is 95.9 cm³/mol. The topological polar surface area (TPSA) is 70.1 Å². The maximum Gasteiger partial charge on any atom is 0.335 e. The highest BCUT2D eigenvalue weighted by atomic mass is 16.5. The fourth-order valence-corrected chi connectivity index (χ4v) is 3.08. The van der Waals surface area contributed by atoms with Crippen molar-refractivity contribution in [1.29, 1.82) is 0 Å². The van der Waals surface area contributed by atoms with Gasteiger partial charge in [-0.3, -0.25) is 4.79 Å². The molecular formula is C19H28N2O4. The lowest BCUT2D eigenvalue weighted by atomic mass is 10.1. The van der Waals surface area contributed by atoms with Crippen LogP contribution < -0.4 is 4.74 Å². The summed E-state index contributed by atoms with van der Waals surface area (Å²) in [5.74, 6) is 0.168. The Morgan fingerprint density at radius 1 is 1.28 bits per heavy atom. The Bertz CT molecular complexity index is 598. The standard InChI is InChI=1S/C19H28N2O4/c1-13(2)9-18(22)21-11-15(20(3)4)10-16(21)12-25-17-7-5-14(6-8-17)19(23)24/h5-8,13,15-16H,9-12H2,1-4H3,(H,23,24)/t15?,16-/m0/s1. The van der Waals surface area contributed by atoms with Gasteiger partial charge in [0.15, 0.2) is 0 Å². The lowest BCUT2D eigenvalue weighted by molar-refractivity contribution is -0.133. The first kappa shape index (κ1) is 19.2. The summed E-state index contributed by atoms with van der Waals surface area (Å²) < 4.78 is 5.83. The van der Waals surface area contributed by atoms with Crippen LogP contribution >= 0.6 is 0 Å². The predicted octanol–water partition coefficient (Wildman–Crippen LogP) is 2.34. The summed E-state index contributed by atoms with van der Waals surface area (Å²) in [7, 11) is 4.06. The number of carbonyl (C=O) groups is 2. The molecule has 1 fully saturated rings. The van der Waals surface area contributed by atoms with Crippen LogP contribution in [0.5, 0.6) is 5.75 Å². The molecule has 1 heterocycles. The van der Waals surface area contributed by atoms with Gasteiger partial charge in [0.2, 0.25) is 5.91 Å². The molecule has 1 aromatic carbocycles. The van der Waals surface area contributed by atoms with Gasteiger partial charge < -0.3 is 19.6 Å². The Balaban J connectivity index is 2.01. The molecule has 1 aliphatic rings. The van der Waals surface area contributed by atoms with E-state index in [1.54, 1.807) is 12.1 Å². The van der Waals surface area contributed by atoms with Crippen molar-refractivity contribution in [3.8, 4) is 5.75 Å². The van der Waals surface area contributed by atoms with E-state index in [4.69, 9.17) is 9.84 Å². The van der Waals surface area contributed by atoms with E-state index in [9.17, 15) is 9.59 Å². The molecule has 138 valence electrons. The number of aromatic carboxylic acids is 1. The number of carbonyl (C=O) groups excluding carboxylic acids is 1. The molecule has 6 nitrogen and oxygen atoms in total. The van der Waals surface area contributed by atoms with E-state index < -0.39 is 5.97 Å². The minimum atomic E-state index is -0.957. The van der Waals surface area contributed by atoms with E-state index >= 15 is 0 Å². The van der Waals surface area contributed by atoms with Crippen molar-refractivity contribution in [3.63, 3.8) is 0 Å². The Hall–Kier alpha value is -2.08. The molecule has 2 atom stereocenters. The molecule has 0 aliphatic carbocycles. The number of carboxylic acids is 1. The van der Waals surface area contributed by atoms with E-state index in [-0.39, 0.29) is 17.5 Å². The third kappa shape index (κ3) is 5.19. The molecule has 0 bridgehead atoms. The number of likely N-dealkylation sites (N-methyl/N-ethyl adjacent to an activating group) is 1. The van der Waals surface area contributed by atoms with Gasteiger partial charge in [-0.25, -0.2) is 4.79 Å². The summed E-state index contributed by atoms with van der Waals surface area (Å²) in [5, 5.41) is 8.94. The molecule has 0 aromatic heterocycles. The van der Waals surface area contributed by atoms with Gasteiger partial charge in [0.25, 0.3) is 0 Å². The number of amides is 1. The molecule has 1 unspecified atom stereocenters. The molecule has 1 aromatic rings. The highest BCUT2D eigenvalue weighted by Gasteiger charge is 2.36. The Labute approximate surface area is 149 Å². The SMILES string of the molecule is CC(C)CC(=O)N1CC(N(C)C)C[C@H]1COc1ccc(C(=O)O)cc1. The lowest BCUT2D eigenvalue weighted by Crippen LogP contribution is -2.40. The second-order valence-corrected chi connectivity index (χ2v) is 7.29. The smallest absolute Gasteiger partial charge is 0.335 e. The summed E-state index contributed by atoms with van der Waals surface area (Å²) in [6.07, 6.45) is 1.42. The number of benzene rings is 1. The zero-order valence-corrected chi connectivity index (χ0v) is 15.4. The second-order valence-electron chi connectivity index (χ2n) is 7.29. The normalized spacial score (nSPS) is 20.3. The van der Waals surface area contributed by atoms with Crippen LogP contribution in [0.2, 0.25) is 0 Å². The van der Waals surface area contributed by atoms with Gasteiger partial charge in [-0.05, 0) is 50.7 Å². The van der Waals surface area contributed by atoms with E-state index in [1.807, 2.05) is 32.8 Å². The number of ether oxygens (including phenoxy) is 1. The summed E-state index contributed by atoms with van der Waals surface area (Å²) in [6.45, 7) is 5.24. The highest BCUT2D eigenvalue weighted by molar-refractivity contribution is 5.87. The van der Waals surface area contributed by atoms with Crippen LogP contribution in [0.25, 0.3) is 0 Å². The molecule has 1 N–H and O–H groups in total. The van der Waals surface area contributed by atoms with Crippen molar-refractivity contribution in [2.75, 3.05) is 27.2 Å².